The molecule has 30 heavy (non-hydrogen) atoms. The van der Waals surface area contributed by atoms with Gasteiger partial charge in [-0.15, -0.1) is 0 Å². The second-order valence-corrected chi connectivity index (χ2v) is 7.27. The summed E-state index contributed by atoms with van der Waals surface area (Å²) in [4.78, 5) is 18.5. The van der Waals surface area contributed by atoms with E-state index in [0.717, 1.165) is 46.0 Å². The highest BCUT2D eigenvalue weighted by atomic mass is 19.1. The van der Waals surface area contributed by atoms with E-state index in [2.05, 4.69) is 4.98 Å². The molecule has 0 saturated carbocycles. The molecule has 1 amide bonds. The van der Waals surface area contributed by atoms with E-state index in [0.29, 0.717) is 24.4 Å². The first-order chi connectivity index (χ1) is 14.5. The van der Waals surface area contributed by atoms with Crippen molar-refractivity contribution in [2.75, 3.05) is 17.2 Å². The van der Waals surface area contributed by atoms with Crippen molar-refractivity contribution in [2.45, 2.75) is 12.8 Å². The zero-order valence-electron chi connectivity index (χ0n) is 15.9. The lowest BCUT2D eigenvalue weighted by molar-refractivity contribution is -0.117. The number of aromatic nitrogens is 1. The average molecular weight is 405 g/mol. The number of hydrogen-bond donors (Lipinski definition) is 1. The van der Waals surface area contributed by atoms with Gasteiger partial charge in [0.25, 0.3) is 0 Å². The highest BCUT2D eigenvalue weighted by Gasteiger charge is 2.26. The van der Waals surface area contributed by atoms with E-state index in [4.69, 9.17) is 10.2 Å². The molecule has 0 aliphatic carbocycles. The van der Waals surface area contributed by atoms with Crippen molar-refractivity contribution in [3.63, 3.8) is 0 Å². The van der Waals surface area contributed by atoms with Crippen LogP contribution in [0.4, 0.5) is 20.3 Å². The maximum Gasteiger partial charge on any atom is 0.231 e. The number of pyridine rings is 1. The molecule has 0 spiro atoms. The summed E-state index contributed by atoms with van der Waals surface area (Å²) < 4.78 is 32.9. The van der Waals surface area contributed by atoms with Gasteiger partial charge in [-0.25, -0.2) is 13.8 Å². The fraction of sp³-hybridized carbons (Fsp3) is 0.130. The Kier molecular flexibility index (Phi) is 4.24. The van der Waals surface area contributed by atoms with Crippen LogP contribution in [0.15, 0.2) is 59.3 Å². The molecule has 1 aliphatic rings. The third-order valence-corrected chi connectivity index (χ3v) is 5.45. The van der Waals surface area contributed by atoms with Gasteiger partial charge in [0, 0.05) is 29.6 Å². The lowest BCUT2D eigenvalue weighted by Crippen LogP contribution is -2.30. The van der Waals surface area contributed by atoms with Crippen molar-refractivity contribution < 1.29 is 18.0 Å². The summed E-state index contributed by atoms with van der Waals surface area (Å²) >= 11 is 0. The van der Waals surface area contributed by atoms with Crippen molar-refractivity contribution in [1.82, 2.24) is 4.98 Å². The van der Waals surface area contributed by atoms with Crippen LogP contribution in [0.25, 0.3) is 22.1 Å². The third kappa shape index (κ3) is 2.99. The van der Waals surface area contributed by atoms with Gasteiger partial charge in [0.05, 0.1) is 18.1 Å². The average Bonchev–Trinajstić information content (AvgIpc) is 3.35. The molecule has 2 aromatic carbocycles. The quantitative estimate of drug-likeness (QED) is 0.545. The highest BCUT2D eigenvalue weighted by Crippen LogP contribution is 2.37. The Bertz CT molecular complexity index is 1300. The number of fused-ring (bicyclic) bond motifs is 2. The molecule has 5 rings (SSSR count). The zero-order valence-corrected chi connectivity index (χ0v) is 15.9. The van der Waals surface area contributed by atoms with Crippen molar-refractivity contribution in [3.05, 3.63) is 77.7 Å². The number of carbonyl (C=O) groups is 1. The zero-order chi connectivity index (χ0) is 20.8. The number of hydrogen-bond acceptors (Lipinski definition) is 4. The van der Waals surface area contributed by atoms with Gasteiger partial charge in [-0.3, -0.25) is 4.79 Å². The number of nitrogen functional groups attached to an aromatic ring is 1. The number of furan rings is 1. The van der Waals surface area contributed by atoms with Crippen LogP contribution in [0.3, 0.4) is 0 Å². The second kappa shape index (κ2) is 6.95. The Hall–Kier alpha value is -3.74. The van der Waals surface area contributed by atoms with Gasteiger partial charge in [-0.1, -0.05) is 6.07 Å². The van der Waals surface area contributed by atoms with Gasteiger partial charge in [0.15, 0.2) is 0 Å². The van der Waals surface area contributed by atoms with E-state index in [1.165, 1.54) is 0 Å². The van der Waals surface area contributed by atoms with Crippen molar-refractivity contribution >= 4 is 28.4 Å². The van der Waals surface area contributed by atoms with Crippen molar-refractivity contribution in [2.24, 2.45) is 0 Å². The number of amides is 1. The first kappa shape index (κ1) is 18.3. The number of anilines is 2. The van der Waals surface area contributed by atoms with Crippen LogP contribution in [-0.4, -0.2) is 17.4 Å². The first-order valence-corrected chi connectivity index (χ1v) is 9.50. The fourth-order valence-electron chi connectivity index (χ4n) is 3.99. The van der Waals surface area contributed by atoms with E-state index in [1.807, 2.05) is 18.2 Å². The standard InChI is InChI=1S/C23H17F2N3O2/c24-16-2-3-18(25)15(10-16)11-21(29)28-8-6-14-9-13(1-4-19(14)28)17-12-30-20-5-7-27-23(26)22(17)20/h1-5,7,9-10,12H,6,8,11H2,(H2,26,27). The molecule has 2 aromatic heterocycles. The van der Waals surface area contributed by atoms with E-state index >= 15 is 0 Å². The van der Waals surface area contributed by atoms with Crippen LogP contribution in [0.5, 0.6) is 0 Å². The Morgan fingerprint density at radius 2 is 2.03 bits per heavy atom. The molecule has 0 bridgehead atoms. The summed E-state index contributed by atoms with van der Waals surface area (Å²) in [5, 5.41) is 0.755. The predicted octanol–water partition coefficient (Wildman–Crippen LogP) is 4.49. The molecule has 4 aromatic rings. The Labute approximate surface area is 170 Å². The first-order valence-electron chi connectivity index (χ1n) is 9.50. The molecular formula is C23H17F2N3O2. The normalized spacial score (nSPS) is 13.1. The molecule has 0 unspecified atom stereocenters. The topological polar surface area (TPSA) is 72.4 Å². The van der Waals surface area contributed by atoms with Gasteiger partial charge in [-0.2, -0.15) is 0 Å². The van der Waals surface area contributed by atoms with Gasteiger partial charge in [0.1, 0.15) is 23.0 Å². The Morgan fingerprint density at radius 3 is 2.90 bits per heavy atom. The minimum atomic E-state index is -0.586. The minimum absolute atomic E-state index is 0.0536. The van der Waals surface area contributed by atoms with E-state index in [1.54, 1.807) is 23.4 Å². The molecular weight excluding hydrogens is 388 g/mol. The van der Waals surface area contributed by atoms with Crippen LogP contribution >= 0.6 is 0 Å². The highest BCUT2D eigenvalue weighted by molar-refractivity contribution is 6.01. The molecule has 0 radical (unpaired) electrons. The Morgan fingerprint density at radius 1 is 1.17 bits per heavy atom. The largest absolute Gasteiger partial charge is 0.463 e. The molecule has 2 N–H and O–H groups in total. The molecule has 7 heteroatoms. The summed E-state index contributed by atoms with van der Waals surface area (Å²) in [5.41, 5.74) is 10.3. The monoisotopic (exact) mass is 405 g/mol. The smallest absolute Gasteiger partial charge is 0.231 e. The summed E-state index contributed by atoms with van der Waals surface area (Å²) in [6.07, 6.45) is 3.72. The van der Waals surface area contributed by atoms with Gasteiger partial charge in [0.2, 0.25) is 5.91 Å². The lowest BCUT2D eigenvalue weighted by atomic mass is 10.0. The van der Waals surface area contributed by atoms with Crippen LogP contribution in [-0.2, 0) is 17.6 Å². The van der Waals surface area contributed by atoms with Crippen LogP contribution in [0.1, 0.15) is 11.1 Å². The number of nitrogens with two attached hydrogens (primary N) is 1. The molecule has 0 atom stereocenters. The van der Waals surface area contributed by atoms with Gasteiger partial charge in [-0.05, 0) is 53.9 Å². The van der Waals surface area contributed by atoms with E-state index in [-0.39, 0.29) is 17.9 Å². The summed E-state index contributed by atoms with van der Waals surface area (Å²) in [5.74, 6) is -1.02. The van der Waals surface area contributed by atoms with Gasteiger partial charge >= 0.3 is 0 Å². The SMILES string of the molecule is Nc1nccc2occ(-c3ccc4c(c3)CCN4C(=O)Cc3cc(F)ccc3F)c12. The summed E-state index contributed by atoms with van der Waals surface area (Å²) in [7, 11) is 0. The molecule has 5 nitrogen and oxygen atoms in total. The minimum Gasteiger partial charge on any atom is -0.463 e. The number of carbonyl (C=O) groups excluding carboxylic acids is 1. The molecule has 3 heterocycles. The van der Waals surface area contributed by atoms with Crippen LogP contribution in [0, 0.1) is 11.6 Å². The van der Waals surface area contributed by atoms with E-state index < -0.39 is 11.6 Å². The predicted molar refractivity (Wildman–Crippen MR) is 110 cm³/mol. The third-order valence-electron chi connectivity index (χ3n) is 5.45. The van der Waals surface area contributed by atoms with E-state index in [9.17, 15) is 13.6 Å². The molecule has 150 valence electrons. The number of halogens is 2. The number of benzene rings is 2. The van der Waals surface area contributed by atoms with Crippen LogP contribution < -0.4 is 10.6 Å². The Balaban J connectivity index is 1.45. The molecule has 0 saturated heterocycles. The fourth-order valence-corrected chi connectivity index (χ4v) is 3.99. The van der Waals surface area contributed by atoms with Gasteiger partial charge < -0.3 is 15.1 Å². The number of nitrogens with zero attached hydrogens (tertiary/aromatic N) is 2. The van der Waals surface area contributed by atoms with Crippen molar-refractivity contribution in [1.29, 1.82) is 0 Å². The summed E-state index contributed by atoms with van der Waals surface area (Å²) in [6, 6.07) is 10.7. The second-order valence-electron chi connectivity index (χ2n) is 7.27. The maximum atomic E-state index is 13.9. The maximum absolute atomic E-state index is 13.9. The number of rotatable bonds is 3. The molecule has 1 aliphatic heterocycles. The molecule has 0 fully saturated rings. The summed E-state index contributed by atoms with van der Waals surface area (Å²) in [6.45, 7) is 0.490. The van der Waals surface area contributed by atoms with Crippen LogP contribution in [0.2, 0.25) is 0 Å². The lowest BCUT2D eigenvalue weighted by Gasteiger charge is -2.18. The van der Waals surface area contributed by atoms with Crippen molar-refractivity contribution in [3.8, 4) is 11.1 Å².